The molecule has 3 rings (SSSR count). The van der Waals surface area contributed by atoms with Crippen LogP contribution in [0.1, 0.15) is 69.1 Å². The number of carboxylic acid groups (broad SMARTS) is 2. The van der Waals surface area contributed by atoms with Gasteiger partial charge in [0.2, 0.25) is 11.5 Å². The van der Waals surface area contributed by atoms with Gasteiger partial charge in [-0.15, -0.1) is 0 Å². The molecule has 0 unspecified atom stereocenters. The number of aliphatic carboxylic acids is 2. The second-order valence-corrected chi connectivity index (χ2v) is 9.84. The van der Waals surface area contributed by atoms with Gasteiger partial charge in [-0.25, -0.2) is 4.79 Å². The molecule has 0 bridgehead atoms. The highest BCUT2D eigenvalue weighted by atomic mass is 16.5. The van der Waals surface area contributed by atoms with E-state index in [0.29, 0.717) is 42.4 Å². The van der Waals surface area contributed by atoms with Crippen molar-refractivity contribution in [2.75, 3.05) is 28.4 Å². The normalized spacial score (nSPS) is 19.8. The molecule has 10 heteroatoms. The first-order chi connectivity index (χ1) is 19.1. The number of methoxy groups -OCH3 is 4. The number of benzene rings is 2. The molecule has 2 atom stereocenters. The maximum Gasteiger partial charge on any atom is 0.332 e. The average molecular weight is 559 g/mol. The lowest BCUT2D eigenvalue weighted by atomic mass is 9.47. The van der Waals surface area contributed by atoms with Crippen molar-refractivity contribution in [2.45, 2.75) is 57.8 Å². The van der Waals surface area contributed by atoms with Crippen molar-refractivity contribution in [3.8, 4) is 34.5 Å². The van der Waals surface area contributed by atoms with Gasteiger partial charge >= 0.3 is 11.9 Å². The molecule has 2 aromatic carbocycles. The van der Waals surface area contributed by atoms with Gasteiger partial charge in [-0.2, -0.15) is 0 Å². The Kier molecular flexibility index (Phi) is 9.12. The number of carboxylic acids is 2. The van der Waals surface area contributed by atoms with Crippen molar-refractivity contribution in [1.29, 1.82) is 0 Å². The lowest BCUT2D eigenvalue weighted by Gasteiger charge is -2.52. The van der Waals surface area contributed by atoms with Crippen LogP contribution in [0.3, 0.4) is 0 Å². The molecular weight excluding hydrogens is 520 g/mol. The predicted molar refractivity (Wildman–Crippen MR) is 148 cm³/mol. The zero-order chi connectivity index (χ0) is 29.8. The van der Waals surface area contributed by atoms with Crippen LogP contribution in [-0.4, -0.2) is 60.8 Å². The van der Waals surface area contributed by atoms with Gasteiger partial charge in [0, 0.05) is 11.0 Å². The maximum atomic E-state index is 13.7. The quantitative estimate of drug-likeness (QED) is 0.253. The van der Waals surface area contributed by atoms with Crippen molar-refractivity contribution in [3.63, 3.8) is 0 Å². The van der Waals surface area contributed by atoms with E-state index in [1.165, 1.54) is 52.7 Å². The topological polar surface area (TPSA) is 152 Å². The van der Waals surface area contributed by atoms with Crippen LogP contribution >= 0.6 is 0 Å². The highest BCUT2D eigenvalue weighted by Gasteiger charge is 2.65. The predicted octanol–water partition coefficient (Wildman–Crippen LogP) is 5.35. The summed E-state index contributed by atoms with van der Waals surface area (Å²) in [6.45, 7) is 3.84. The number of rotatable bonds is 13. The van der Waals surface area contributed by atoms with Gasteiger partial charge in [-0.3, -0.25) is 4.79 Å². The Hall–Kier alpha value is -4.08. The minimum Gasteiger partial charge on any atom is -0.502 e. The Morgan fingerprint density at radius 1 is 0.775 bits per heavy atom. The van der Waals surface area contributed by atoms with E-state index in [9.17, 15) is 30.0 Å². The first-order valence-corrected chi connectivity index (χ1v) is 13.2. The van der Waals surface area contributed by atoms with Gasteiger partial charge in [0.15, 0.2) is 23.0 Å². The Bertz CT molecular complexity index is 1290. The van der Waals surface area contributed by atoms with Crippen LogP contribution in [-0.2, 0) is 15.0 Å². The molecule has 0 fully saturated rings. The molecule has 40 heavy (non-hydrogen) atoms. The minimum atomic E-state index is -2.02. The Morgan fingerprint density at radius 3 is 1.75 bits per heavy atom. The van der Waals surface area contributed by atoms with Crippen molar-refractivity contribution in [2.24, 2.45) is 5.41 Å². The van der Waals surface area contributed by atoms with E-state index in [0.717, 1.165) is 0 Å². The fourth-order valence-corrected chi connectivity index (χ4v) is 6.17. The van der Waals surface area contributed by atoms with E-state index in [4.69, 9.17) is 18.9 Å². The molecule has 0 saturated carbocycles. The second kappa shape index (κ2) is 12.0. The molecule has 0 heterocycles. The summed E-state index contributed by atoms with van der Waals surface area (Å²) in [4.78, 5) is 26.7. The molecule has 10 nitrogen and oxygen atoms in total. The smallest absolute Gasteiger partial charge is 0.332 e. The summed E-state index contributed by atoms with van der Waals surface area (Å²) >= 11 is 0. The van der Waals surface area contributed by atoms with Gasteiger partial charge in [-0.05, 0) is 48.2 Å². The van der Waals surface area contributed by atoms with Crippen LogP contribution in [0.2, 0.25) is 0 Å². The Labute approximate surface area is 233 Å². The minimum absolute atomic E-state index is 0.0182. The van der Waals surface area contributed by atoms with Gasteiger partial charge in [-0.1, -0.05) is 39.5 Å². The first kappa shape index (κ1) is 30.5. The third-order valence-corrected chi connectivity index (χ3v) is 7.97. The first-order valence-electron chi connectivity index (χ1n) is 13.2. The number of unbranched alkanes of at least 4 members (excludes halogenated alkanes) is 2. The standard InChI is InChI=1S/C30H38O10/c1-7-9-11-29(18-15-21(38-4)24(31)22(16-18)39-5)23-17(14-20(37-3)25(32)26(23)40-6)13-19(27(33)34)30(29,28(35)36)12-10-8-2/h13-16,31-32H,7-12H2,1-6H3,(H,33,34)(H,35,36)/t29-,30+/m0/s1. The fourth-order valence-electron chi connectivity index (χ4n) is 6.17. The molecule has 1 aliphatic rings. The van der Waals surface area contributed by atoms with E-state index in [1.807, 2.05) is 13.8 Å². The van der Waals surface area contributed by atoms with Crippen LogP contribution in [0.15, 0.2) is 23.8 Å². The number of fused-ring (bicyclic) bond motifs is 1. The van der Waals surface area contributed by atoms with E-state index in [1.54, 1.807) is 0 Å². The number of phenols is 2. The lowest BCUT2D eigenvalue weighted by molar-refractivity contribution is -0.154. The number of aromatic hydroxyl groups is 2. The Morgan fingerprint density at radius 2 is 1.30 bits per heavy atom. The zero-order valence-corrected chi connectivity index (χ0v) is 23.8. The largest absolute Gasteiger partial charge is 0.502 e. The molecule has 1 aliphatic carbocycles. The van der Waals surface area contributed by atoms with Gasteiger partial charge < -0.3 is 39.4 Å². The average Bonchev–Trinajstić information content (AvgIpc) is 2.94. The van der Waals surface area contributed by atoms with Crippen LogP contribution in [0.5, 0.6) is 34.5 Å². The number of ether oxygens (including phenoxy) is 4. The van der Waals surface area contributed by atoms with Crippen molar-refractivity contribution < 1.29 is 49.0 Å². The molecule has 2 aromatic rings. The highest BCUT2D eigenvalue weighted by molar-refractivity contribution is 6.04. The maximum absolute atomic E-state index is 13.7. The van der Waals surface area contributed by atoms with E-state index in [2.05, 4.69) is 0 Å². The summed E-state index contributed by atoms with van der Waals surface area (Å²) in [6, 6.07) is 4.50. The van der Waals surface area contributed by atoms with Crippen molar-refractivity contribution in [1.82, 2.24) is 0 Å². The van der Waals surface area contributed by atoms with E-state index >= 15 is 0 Å². The number of hydrogen-bond donors (Lipinski definition) is 4. The molecule has 0 radical (unpaired) electrons. The highest BCUT2D eigenvalue weighted by Crippen LogP contribution is 2.65. The van der Waals surface area contributed by atoms with Crippen LogP contribution in [0.4, 0.5) is 0 Å². The molecule has 0 aliphatic heterocycles. The third-order valence-electron chi connectivity index (χ3n) is 7.97. The summed E-state index contributed by atoms with van der Waals surface area (Å²) in [7, 11) is 5.41. The second-order valence-electron chi connectivity index (χ2n) is 9.84. The van der Waals surface area contributed by atoms with E-state index < -0.39 is 22.8 Å². The Balaban J connectivity index is 2.77. The molecule has 0 aromatic heterocycles. The molecule has 4 N–H and O–H groups in total. The molecule has 0 amide bonds. The SMILES string of the molecule is CCCC[C@]1(C(=O)O)C(C(=O)O)=Cc2cc(OC)c(O)c(OC)c2[C@]1(CCCC)c1cc(OC)c(O)c(OC)c1. The molecule has 0 spiro atoms. The van der Waals surface area contributed by atoms with Gasteiger partial charge in [0.1, 0.15) is 5.41 Å². The van der Waals surface area contributed by atoms with Crippen LogP contribution in [0.25, 0.3) is 6.08 Å². The fraction of sp³-hybridized carbons (Fsp3) is 0.467. The summed E-state index contributed by atoms with van der Waals surface area (Å²) in [5.41, 5.74) is -2.97. The number of phenolic OH excluding ortho intramolecular Hbond substituents is 2. The number of carbonyl (C=O) groups is 2. The molecular formula is C30H38O10. The molecule has 0 saturated heterocycles. The van der Waals surface area contributed by atoms with Crippen molar-refractivity contribution in [3.05, 3.63) is 40.5 Å². The van der Waals surface area contributed by atoms with Crippen LogP contribution in [0, 0.1) is 5.41 Å². The summed E-state index contributed by atoms with van der Waals surface area (Å²) < 4.78 is 22.0. The van der Waals surface area contributed by atoms with Crippen LogP contribution < -0.4 is 18.9 Å². The third kappa shape index (κ3) is 4.45. The summed E-state index contributed by atoms with van der Waals surface area (Å²) in [6.07, 6.45) is 3.63. The summed E-state index contributed by atoms with van der Waals surface area (Å²) in [5.74, 6) is -3.30. The summed E-state index contributed by atoms with van der Waals surface area (Å²) in [5, 5.41) is 43.7. The number of hydrogen-bond acceptors (Lipinski definition) is 8. The molecule has 218 valence electrons. The van der Waals surface area contributed by atoms with Gasteiger partial charge in [0.25, 0.3) is 0 Å². The van der Waals surface area contributed by atoms with Gasteiger partial charge in [0.05, 0.1) is 34.0 Å². The lowest BCUT2D eigenvalue weighted by Crippen LogP contribution is -2.56. The monoisotopic (exact) mass is 558 g/mol. The zero-order valence-electron chi connectivity index (χ0n) is 23.8. The van der Waals surface area contributed by atoms with E-state index in [-0.39, 0.29) is 52.9 Å². The van der Waals surface area contributed by atoms with Crippen molar-refractivity contribution >= 4 is 18.0 Å².